The number of aromatic nitrogens is 2. The number of nitrogen functional groups attached to an aromatic ring is 1. The number of aromatic amines is 1. The average Bonchev–Trinajstić information content (AvgIpc) is 2.85. The van der Waals surface area contributed by atoms with Gasteiger partial charge in [-0.2, -0.15) is 0 Å². The number of aliphatic imine (C=N–C) groups is 1. The van der Waals surface area contributed by atoms with Crippen LogP contribution < -0.4 is 11.5 Å². The number of fused-ring (bicyclic) bond motifs is 1. The van der Waals surface area contributed by atoms with Gasteiger partial charge in [0.05, 0.1) is 11.1 Å². The average molecular weight is 269 g/mol. The van der Waals surface area contributed by atoms with E-state index in [2.05, 4.69) is 34.7 Å². The Hall–Kier alpha value is -2.82. The standard InChI is InChI=1S/C13H15N5.C2H4/c1-3-4-11(18-8(2)14)9-7-17-13-12(9)10(15)5-6-16-13;1-2/h3-7H,2,14H2,1H3,(H3,15,16,17);1-2H2/b4-3-,18-11+;. The lowest BCUT2D eigenvalue weighted by atomic mass is 10.1. The van der Waals surface area contributed by atoms with Crippen molar-refractivity contribution in [2.24, 2.45) is 10.7 Å². The molecule has 0 saturated carbocycles. The van der Waals surface area contributed by atoms with Gasteiger partial charge in [0.25, 0.3) is 0 Å². The smallest absolute Gasteiger partial charge is 0.140 e. The van der Waals surface area contributed by atoms with Gasteiger partial charge in [0.2, 0.25) is 0 Å². The van der Waals surface area contributed by atoms with E-state index in [1.165, 1.54) is 0 Å². The van der Waals surface area contributed by atoms with Crippen LogP contribution in [-0.2, 0) is 0 Å². The highest BCUT2D eigenvalue weighted by atomic mass is 14.9. The van der Waals surface area contributed by atoms with Crippen molar-refractivity contribution in [3.63, 3.8) is 0 Å². The molecule has 0 amide bonds. The Morgan fingerprint density at radius 3 is 2.75 bits per heavy atom. The Morgan fingerprint density at radius 2 is 2.15 bits per heavy atom. The lowest BCUT2D eigenvalue weighted by Crippen LogP contribution is -2.01. The molecular formula is C15H19N5. The fourth-order valence-corrected chi connectivity index (χ4v) is 1.78. The van der Waals surface area contributed by atoms with Crippen LogP contribution in [0, 0.1) is 0 Å². The summed E-state index contributed by atoms with van der Waals surface area (Å²) in [6.45, 7) is 11.5. The Labute approximate surface area is 118 Å². The van der Waals surface area contributed by atoms with Crippen molar-refractivity contribution in [2.45, 2.75) is 6.92 Å². The van der Waals surface area contributed by atoms with Gasteiger partial charge in [-0.15, -0.1) is 13.2 Å². The minimum absolute atomic E-state index is 0.250. The first-order chi connectivity index (χ1) is 9.63. The maximum absolute atomic E-state index is 5.97. The first-order valence-corrected chi connectivity index (χ1v) is 6.01. The summed E-state index contributed by atoms with van der Waals surface area (Å²) in [5.41, 5.74) is 14.5. The predicted molar refractivity (Wildman–Crippen MR) is 86.4 cm³/mol. The summed E-state index contributed by atoms with van der Waals surface area (Å²) in [7, 11) is 0. The molecule has 20 heavy (non-hydrogen) atoms. The van der Waals surface area contributed by atoms with Crippen molar-refractivity contribution in [1.29, 1.82) is 0 Å². The van der Waals surface area contributed by atoms with E-state index < -0.39 is 0 Å². The summed E-state index contributed by atoms with van der Waals surface area (Å²) >= 11 is 0. The third-order valence-corrected chi connectivity index (χ3v) is 2.47. The summed E-state index contributed by atoms with van der Waals surface area (Å²) in [5.74, 6) is 0.250. The fourth-order valence-electron chi connectivity index (χ4n) is 1.78. The number of hydrogen-bond donors (Lipinski definition) is 3. The van der Waals surface area contributed by atoms with Gasteiger partial charge in [0.15, 0.2) is 0 Å². The first kappa shape index (κ1) is 15.2. The van der Waals surface area contributed by atoms with Gasteiger partial charge in [-0.25, -0.2) is 9.98 Å². The van der Waals surface area contributed by atoms with Gasteiger partial charge in [0, 0.05) is 23.6 Å². The van der Waals surface area contributed by atoms with Crippen LogP contribution in [0.3, 0.4) is 0 Å². The maximum Gasteiger partial charge on any atom is 0.140 e. The summed E-state index contributed by atoms with van der Waals surface area (Å²) in [5, 5.41) is 0.843. The number of allylic oxidation sites excluding steroid dienone is 2. The number of anilines is 1. The molecule has 5 nitrogen and oxygen atoms in total. The highest BCUT2D eigenvalue weighted by Crippen LogP contribution is 2.23. The number of nitrogens with zero attached hydrogens (tertiary/aromatic N) is 2. The van der Waals surface area contributed by atoms with Crippen LogP contribution in [0.2, 0.25) is 0 Å². The molecule has 2 rings (SSSR count). The van der Waals surface area contributed by atoms with Crippen LogP contribution in [0.15, 0.2) is 61.2 Å². The topological polar surface area (TPSA) is 93.1 Å². The molecule has 0 bridgehead atoms. The van der Waals surface area contributed by atoms with Crippen molar-refractivity contribution in [2.75, 3.05) is 5.73 Å². The SMILES string of the molecule is C=C.C=C(N)/N=C(\C=C/C)c1c[nH]c2nccc(N)c12. The molecule has 0 radical (unpaired) electrons. The van der Waals surface area contributed by atoms with Crippen molar-refractivity contribution < 1.29 is 0 Å². The fraction of sp³-hybridized carbons (Fsp3) is 0.0667. The maximum atomic E-state index is 5.97. The second-order valence-electron chi connectivity index (χ2n) is 3.81. The molecule has 0 unspecified atom stereocenters. The lowest BCUT2D eigenvalue weighted by Gasteiger charge is -2.02. The molecule has 0 saturated heterocycles. The molecule has 5 N–H and O–H groups in total. The van der Waals surface area contributed by atoms with E-state index in [0.717, 1.165) is 16.6 Å². The number of hydrogen-bond acceptors (Lipinski definition) is 4. The monoisotopic (exact) mass is 269 g/mol. The zero-order valence-corrected chi connectivity index (χ0v) is 11.6. The number of rotatable bonds is 3. The van der Waals surface area contributed by atoms with E-state index >= 15 is 0 Å². The molecule has 104 valence electrons. The molecule has 0 aliphatic carbocycles. The van der Waals surface area contributed by atoms with E-state index in [1.807, 2.05) is 25.3 Å². The summed E-state index contributed by atoms with van der Waals surface area (Å²) < 4.78 is 0. The number of pyridine rings is 1. The Bertz CT molecular complexity index is 664. The molecule has 0 spiro atoms. The van der Waals surface area contributed by atoms with Crippen molar-refractivity contribution in [3.8, 4) is 0 Å². The normalized spacial score (nSPS) is 11.3. The van der Waals surface area contributed by atoms with E-state index in [1.54, 1.807) is 12.3 Å². The number of nitrogens with one attached hydrogen (secondary N) is 1. The van der Waals surface area contributed by atoms with Gasteiger partial charge >= 0.3 is 0 Å². The second kappa shape index (κ2) is 6.94. The first-order valence-electron chi connectivity index (χ1n) is 6.01. The molecule has 0 aromatic carbocycles. The van der Waals surface area contributed by atoms with E-state index in [-0.39, 0.29) is 5.82 Å². The highest BCUT2D eigenvalue weighted by Gasteiger charge is 2.11. The molecule has 5 heteroatoms. The quantitative estimate of drug-likeness (QED) is 0.590. The van der Waals surface area contributed by atoms with Gasteiger partial charge in [-0.1, -0.05) is 12.7 Å². The van der Waals surface area contributed by atoms with Gasteiger partial charge in [-0.05, 0) is 19.1 Å². The van der Waals surface area contributed by atoms with Crippen LogP contribution in [-0.4, -0.2) is 15.7 Å². The highest BCUT2D eigenvalue weighted by molar-refractivity contribution is 6.18. The molecule has 2 aromatic heterocycles. The van der Waals surface area contributed by atoms with Crippen LogP contribution in [0.25, 0.3) is 11.0 Å². The molecule has 0 aliphatic heterocycles. The van der Waals surface area contributed by atoms with E-state index in [4.69, 9.17) is 11.5 Å². The van der Waals surface area contributed by atoms with Gasteiger partial charge < -0.3 is 16.5 Å². The third-order valence-electron chi connectivity index (χ3n) is 2.47. The molecule has 2 aromatic rings. The van der Waals surface area contributed by atoms with E-state index in [0.29, 0.717) is 11.4 Å². The zero-order chi connectivity index (χ0) is 15.1. The van der Waals surface area contributed by atoms with Crippen LogP contribution in [0.4, 0.5) is 5.69 Å². The number of H-pyrrole nitrogens is 1. The van der Waals surface area contributed by atoms with Gasteiger partial charge in [0.1, 0.15) is 11.5 Å². The molecule has 0 aliphatic rings. The van der Waals surface area contributed by atoms with Crippen molar-refractivity contribution in [1.82, 2.24) is 9.97 Å². The van der Waals surface area contributed by atoms with E-state index in [9.17, 15) is 0 Å². The summed E-state index contributed by atoms with van der Waals surface area (Å²) in [4.78, 5) is 11.5. The third kappa shape index (κ3) is 3.14. The Kier molecular flexibility index (Phi) is 5.29. The van der Waals surface area contributed by atoms with Crippen LogP contribution in [0.5, 0.6) is 0 Å². The zero-order valence-electron chi connectivity index (χ0n) is 11.6. The van der Waals surface area contributed by atoms with Crippen LogP contribution >= 0.6 is 0 Å². The molecule has 2 heterocycles. The minimum Gasteiger partial charge on any atom is -0.398 e. The largest absolute Gasteiger partial charge is 0.398 e. The van der Waals surface area contributed by atoms with Gasteiger partial charge in [-0.3, -0.25) is 0 Å². The van der Waals surface area contributed by atoms with Crippen molar-refractivity contribution in [3.05, 3.63) is 61.7 Å². The predicted octanol–water partition coefficient (Wildman–Crippen LogP) is 2.74. The summed E-state index contributed by atoms with van der Waals surface area (Å²) in [6, 6.07) is 1.75. The molecule has 0 atom stereocenters. The Balaban J connectivity index is 0.000000956. The van der Waals surface area contributed by atoms with Crippen molar-refractivity contribution >= 4 is 22.4 Å². The number of nitrogens with two attached hydrogens (primary N) is 2. The molecule has 0 fully saturated rings. The lowest BCUT2D eigenvalue weighted by molar-refractivity contribution is 1.26. The Morgan fingerprint density at radius 1 is 1.45 bits per heavy atom. The summed E-state index contributed by atoms with van der Waals surface area (Å²) in [6.07, 6.45) is 7.21. The second-order valence-corrected chi connectivity index (χ2v) is 3.81. The minimum atomic E-state index is 0.250. The van der Waals surface area contributed by atoms with Crippen LogP contribution in [0.1, 0.15) is 12.5 Å². The molecular weight excluding hydrogens is 250 g/mol.